The number of carbonyl (C=O) groups excluding carboxylic acids is 1. The molecule has 2 aromatic rings. The summed E-state index contributed by atoms with van der Waals surface area (Å²) in [4.78, 5) is 25.7. The fraction of sp³-hybridized carbons (Fsp3) is 0.400. The molecule has 2 heterocycles. The molecule has 1 aromatic heterocycles. The predicted octanol–water partition coefficient (Wildman–Crippen LogP) is 4.48. The third-order valence-electron chi connectivity index (χ3n) is 4.09. The predicted molar refractivity (Wildman–Crippen MR) is 87.8 cm³/mol. The molecular formula is C15H15ClN2O3S. The molecule has 0 saturated carbocycles. The van der Waals surface area contributed by atoms with Gasteiger partial charge in [-0.05, 0) is 26.2 Å². The third kappa shape index (κ3) is 2.46. The summed E-state index contributed by atoms with van der Waals surface area (Å²) in [6.07, 6.45) is 3.09. The average molecular weight is 339 g/mol. The largest absolute Gasteiger partial charge is 0.335 e. The number of carbonyl (C=O) groups is 1. The Kier molecular flexibility index (Phi) is 4.06. The average Bonchev–Trinajstić information content (AvgIpc) is 2.84. The van der Waals surface area contributed by atoms with Gasteiger partial charge in [-0.3, -0.25) is 14.9 Å². The van der Waals surface area contributed by atoms with E-state index in [9.17, 15) is 14.9 Å². The van der Waals surface area contributed by atoms with Crippen molar-refractivity contribution in [2.24, 2.45) is 0 Å². The molecule has 5 nitrogen and oxygen atoms in total. The molecule has 0 unspecified atom stereocenters. The highest BCUT2D eigenvalue weighted by Crippen LogP contribution is 2.41. The quantitative estimate of drug-likeness (QED) is 0.599. The third-order valence-corrected chi connectivity index (χ3v) is 5.81. The van der Waals surface area contributed by atoms with E-state index in [-0.39, 0.29) is 17.6 Å². The lowest BCUT2D eigenvalue weighted by atomic mass is 10.0. The zero-order chi connectivity index (χ0) is 15.9. The number of thiophene rings is 1. The van der Waals surface area contributed by atoms with Gasteiger partial charge < -0.3 is 4.90 Å². The van der Waals surface area contributed by atoms with Crippen molar-refractivity contribution in [1.82, 2.24) is 4.90 Å². The molecule has 1 amide bonds. The van der Waals surface area contributed by atoms with E-state index in [2.05, 4.69) is 0 Å². The second kappa shape index (κ2) is 5.85. The maximum atomic E-state index is 12.8. The first kappa shape index (κ1) is 15.2. The zero-order valence-electron chi connectivity index (χ0n) is 12.0. The number of rotatable bonds is 2. The van der Waals surface area contributed by atoms with Crippen LogP contribution in [-0.4, -0.2) is 28.3 Å². The van der Waals surface area contributed by atoms with Crippen LogP contribution in [0, 0.1) is 10.1 Å². The molecule has 3 rings (SSSR count). The van der Waals surface area contributed by atoms with Crippen molar-refractivity contribution in [2.75, 3.05) is 6.54 Å². The second-order valence-electron chi connectivity index (χ2n) is 5.50. The molecule has 7 heteroatoms. The van der Waals surface area contributed by atoms with Crippen molar-refractivity contribution in [3.63, 3.8) is 0 Å². The summed E-state index contributed by atoms with van der Waals surface area (Å²) >= 11 is 7.45. The van der Waals surface area contributed by atoms with Gasteiger partial charge in [-0.1, -0.05) is 23.7 Å². The minimum absolute atomic E-state index is 0.00450. The molecule has 1 aliphatic rings. The molecule has 0 bridgehead atoms. The number of piperidine rings is 1. The Hall–Kier alpha value is -1.66. The monoisotopic (exact) mass is 338 g/mol. The van der Waals surface area contributed by atoms with Crippen LogP contribution in [0.5, 0.6) is 0 Å². The maximum Gasteiger partial charge on any atom is 0.287 e. The first-order chi connectivity index (χ1) is 10.5. The van der Waals surface area contributed by atoms with Crippen LogP contribution in [-0.2, 0) is 0 Å². The first-order valence-corrected chi connectivity index (χ1v) is 8.36. The van der Waals surface area contributed by atoms with Gasteiger partial charge in [-0.25, -0.2) is 0 Å². The van der Waals surface area contributed by atoms with Crippen molar-refractivity contribution in [1.29, 1.82) is 0 Å². The first-order valence-electron chi connectivity index (χ1n) is 7.17. The number of hydrogen-bond acceptors (Lipinski definition) is 4. The minimum Gasteiger partial charge on any atom is -0.335 e. The van der Waals surface area contributed by atoms with E-state index in [1.54, 1.807) is 12.1 Å². The molecule has 0 N–H and O–H groups in total. The minimum atomic E-state index is -0.438. The SMILES string of the molecule is C[C@@H]1CCCCN1C(=O)c1sc2c([N+](=O)[O-])cccc2c1Cl. The number of halogens is 1. The van der Waals surface area contributed by atoms with Crippen LogP contribution in [0.15, 0.2) is 18.2 Å². The molecule has 1 saturated heterocycles. The van der Waals surface area contributed by atoms with E-state index in [4.69, 9.17) is 11.6 Å². The molecule has 1 aliphatic heterocycles. The molecule has 1 atom stereocenters. The smallest absolute Gasteiger partial charge is 0.287 e. The molecule has 0 aliphatic carbocycles. The van der Waals surface area contributed by atoms with E-state index in [1.807, 2.05) is 11.8 Å². The van der Waals surface area contributed by atoms with Crippen molar-refractivity contribution >= 4 is 44.6 Å². The molecule has 0 radical (unpaired) electrons. The molecule has 1 aromatic carbocycles. The number of nitrogens with zero attached hydrogens (tertiary/aromatic N) is 2. The Balaban J connectivity index is 2.07. The van der Waals surface area contributed by atoms with Crippen LogP contribution in [0.3, 0.4) is 0 Å². The summed E-state index contributed by atoms with van der Waals surface area (Å²) in [5, 5.41) is 12.0. The highest BCUT2D eigenvalue weighted by Gasteiger charge is 2.29. The summed E-state index contributed by atoms with van der Waals surface area (Å²) in [5.41, 5.74) is -0.00450. The Morgan fingerprint density at radius 2 is 2.23 bits per heavy atom. The van der Waals surface area contributed by atoms with Crippen molar-refractivity contribution < 1.29 is 9.72 Å². The van der Waals surface area contributed by atoms with Crippen LogP contribution in [0.4, 0.5) is 5.69 Å². The standard InChI is InChI=1S/C15H15ClN2O3S/c1-9-5-2-3-8-17(9)15(19)14-12(16)10-6-4-7-11(18(20)21)13(10)22-14/h4,6-7,9H,2-3,5,8H2,1H3/t9-/m1/s1. The molecule has 22 heavy (non-hydrogen) atoms. The van der Waals surface area contributed by atoms with E-state index >= 15 is 0 Å². The number of likely N-dealkylation sites (tertiary alicyclic amines) is 1. The van der Waals surface area contributed by atoms with Crippen molar-refractivity contribution in [2.45, 2.75) is 32.2 Å². The number of nitro benzene ring substituents is 1. The Morgan fingerprint density at radius 3 is 2.91 bits per heavy atom. The highest BCUT2D eigenvalue weighted by atomic mass is 35.5. The van der Waals surface area contributed by atoms with Crippen molar-refractivity contribution in [3.8, 4) is 0 Å². The van der Waals surface area contributed by atoms with Gasteiger partial charge in [0.05, 0.1) is 9.95 Å². The second-order valence-corrected chi connectivity index (χ2v) is 6.90. The fourth-order valence-electron chi connectivity index (χ4n) is 2.89. The van der Waals surface area contributed by atoms with Crippen LogP contribution in [0.1, 0.15) is 35.9 Å². The van der Waals surface area contributed by atoms with Gasteiger partial charge in [-0.2, -0.15) is 0 Å². The maximum absolute atomic E-state index is 12.8. The van der Waals surface area contributed by atoms with Gasteiger partial charge in [0.2, 0.25) is 0 Å². The summed E-state index contributed by atoms with van der Waals surface area (Å²) in [7, 11) is 0. The van der Waals surface area contributed by atoms with Crippen LogP contribution in [0.25, 0.3) is 10.1 Å². The number of amides is 1. The summed E-state index contributed by atoms with van der Waals surface area (Å²) in [6.45, 7) is 2.74. The number of non-ortho nitro benzene ring substituents is 1. The highest BCUT2D eigenvalue weighted by molar-refractivity contribution is 7.22. The van der Waals surface area contributed by atoms with Gasteiger partial charge in [0.15, 0.2) is 0 Å². The van der Waals surface area contributed by atoms with Crippen LogP contribution < -0.4 is 0 Å². The van der Waals surface area contributed by atoms with E-state index < -0.39 is 4.92 Å². The van der Waals surface area contributed by atoms with Gasteiger partial charge in [0, 0.05) is 24.0 Å². The lowest BCUT2D eigenvalue weighted by Crippen LogP contribution is -2.41. The van der Waals surface area contributed by atoms with Crippen molar-refractivity contribution in [3.05, 3.63) is 38.2 Å². The molecular weight excluding hydrogens is 324 g/mol. The summed E-state index contributed by atoms with van der Waals surface area (Å²) in [6, 6.07) is 4.93. The van der Waals surface area contributed by atoms with Crippen LogP contribution in [0.2, 0.25) is 5.02 Å². The Labute approximate surface area is 136 Å². The molecule has 1 fully saturated rings. The number of benzene rings is 1. The zero-order valence-corrected chi connectivity index (χ0v) is 13.6. The van der Waals surface area contributed by atoms with E-state index in [0.29, 0.717) is 26.5 Å². The Morgan fingerprint density at radius 1 is 1.45 bits per heavy atom. The number of hydrogen-bond donors (Lipinski definition) is 0. The lowest BCUT2D eigenvalue weighted by Gasteiger charge is -2.33. The summed E-state index contributed by atoms with van der Waals surface area (Å²) in [5.74, 6) is -0.118. The lowest BCUT2D eigenvalue weighted by molar-refractivity contribution is -0.382. The fourth-order valence-corrected chi connectivity index (χ4v) is 4.43. The Bertz CT molecular complexity index is 759. The van der Waals surface area contributed by atoms with Gasteiger partial charge in [0.25, 0.3) is 11.6 Å². The van der Waals surface area contributed by atoms with Gasteiger partial charge in [0.1, 0.15) is 9.58 Å². The number of fused-ring (bicyclic) bond motifs is 1. The summed E-state index contributed by atoms with van der Waals surface area (Å²) < 4.78 is 0.463. The number of nitro groups is 1. The van der Waals surface area contributed by atoms with Crippen LogP contribution >= 0.6 is 22.9 Å². The molecule has 0 spiro atoms. The van der Waals surface area contributed by atoms with E-state index in [0.717, 1.165) is 30.6 Å². The molecule has 116 valence electrons. The normalized spacial score (nSPS) is 18.6. The van der Waals surface area contributed by atoms with Gasteiger partial charge in [-0.15, -0.1) is 11.3 Å². The van der Waals surface area contributed by atoms with Gasteiger partial charge >= 0.3 is 0 Å². The van der Waals surface area contributed by atoms with E-state index in [1.165, 1.54) is 6.07 Å². The topological polar surface area (TPSA) is 63.5 Å².